The number of aromatic hydroxyl groups is 1. The minimum Gasteiger partial charge on any atom is -0.508 e. The molecule has 0 aliphatic carbocycles. The highest BCUT2D eigenvalue weighted by molar-refractivity contribution is 5.98. The number of ketones is 2. The number of methoxy groups -OCH3 is 1. The van der Waals surface area contributed by atoms with Crippen LogP contribution in [0.5, 0.6) is 11.5 Å². The fourth-order valence-electron chi connectivity index (χ4n) is 4.73. The zero-order chi connectivity index (χ0) is 31.7. The van der Waals surface area contributed by atoms with Crippen LogP contribution in [0.1, 0.15) is 37.0 Å². The maximum Gasteiger partial charge on any atom is 0.408 e. The summed E-state index contributed by atoms with van der Waals surface area (Å²) in [6.07, 6.45) is -0.548. The Balaban J connectivity index is 1.46. The zero-order valence-electron chi connectivity index (χ0n) is 25.1. The van der Waals surface area contributed by atoms with Gasteiger partial charge in [-0.05, 0) is 67.6 Å². The molecule has 0 aromatic heterocycles. The molecule has 1 aliphatic rings. The van der Waals surface area contributed by atoms with E-state index in [0.29, 0.717) is 5.75 Å². The highest BCUT2D eigenvalue weighted by Crippen LogP contribution is 2.29. The van der Waals surface area contributed by atoms with E-state index in [1.165, 1.54) is 19.1 Å². The molecule has 4 rings (SSSR count). The molecule has 10 nitrogen and oxygen atoms in total. The van der Waals surface area contributed by atoms with Gasteiger partial charge in [0.2, 0.25) is 5.91 Å². The first-order valence-electron chi connectivity index (χ1n) is 14.5. The largest absolute Gasteiger partial charge is 0.508 e. The smallest absolute Gasteiger partial charge is 0.408 e. The van der Waals surface area contributed by atoms with Crippen LogP contribution < -0.4 is 15.4 Å². The van der Waals surface area contributed by atoms with Gasteiger partial charge < -0.3 is 30.0 Å². The van der Waals surface area contributed by atoms with Crippen LogP contribution in [0.2, 0.25) is 0 Å². The Kier molecular flexibility index (Phi) is 10.7. The second kappa shape index (κ2) is 14.7. The Morgan fingerprint density at radius 1 is 0.886 bits per heavy atom. The van der Waals surface area contributed by atoms with Gasteiger partial charge in [-0.25, -0.2) is 4.79 Å². The van der Waals surface area contributed by atoms with Crippen molar-refractivity contribution in [1.82, 2.24) is 10.6 Å². The number of epoxide rings is 1. The molecule has 0 saturated carbocycles. The first kappa shape index (κ1) is 32.2. The van der Waals surface area contributed by atoms with E-state index in [4.69, 9.17) is 14.2 Å². The van der Waals surface area contributed by atoms with E-state index in [2.05, 4.69) is 10.6 Å². The van der Waals surface area contributed by atoms with Crippen molar-refractivity contribution in [3.8, 4) is 11.5 Å². The number of ether oxygens (including phenoxy) is 3. The number of rotatable bonds is 15. The molecular weight excluding hydrogens is 564 g/mol. The maximum absolute atomic E-state index is 13.8. The first-order chi connectivity index (χ1) is 21.1. The number of Topliss-reactive ketones (excluding diaryl/α,β-unsaturated/α-hetero) is 2. The van der Waals surface area contributed by atoms with Crippen molar-refractivity contribution < 1.29 is 38.5 Å². The van der Waals surface area contributed by atoms with Gasteiger partial charge in [0.25, 0.3) is 0 Å². The quantitative estimate of drug-likeness (QED) is 0.222. The molecule has 0 bridgehead atoms. The highest BCUT2D eigenvalue weighted by atomic mass is 16.6. The number of amides is 2. The number of hydrogen-bond donors (Lipinski definition) is 3. The third-order valence-electron chi connectivity index (χ3n) is 7.60. The van der Waals surface area contributed by atoms with Crippen LogP contribution in [0.3, 0.4) is 0 Å². The van der Waals surface area contributed by atoms with Crippen molar-refractivity contribution in [1.29, 1.82) is 0 Å². The Morgan fingerprint density at radius 2 is 1.50 bits per heavy atom. The summed E-state index contributed by atoms with van der Waals surface area (Å²) in [5.74, 6) is -1.23. The van der Waals surface area contributed by atoms with E-state index in [-0.39, 0.29) is 49.8 Å². The van der Waals surface area contributed by atoms with Gasteiger partial charge >= 0.3 is 6.09 Å². The van der Waals surface area contributed by atoms with Gasteiger partial charge in [-0.15, -0.1) is 0 Å². The lowest BCUT2D eigenvalue weighted by molar-refractivity contribution is -0.134. The molecule has 3 aromatic rings. The lowest BCUT2D eigenvalue weighted by atomic mass is 9.89. The van der Waals surface area contributed by atoms with Crippen LogP contribution in [-0.4, -0.2) is 60.1 Å². The third-order valence-corrected chi connectivity index (χ3v) is 7.60. The number of carbonyl (C=O) groups is 4. The third kappa shape index (κ3) is 9.15. The topological polar surface area (TPSA) is 144 Å². The summed E-state index contributed by atoms with van der Waals surface area (Å²) in [6.45, 7) is 3.52. The van der Waals surface area contributed by atoms with Gasteiger partial charge in [-0.3, -0.25) is 14.4 Å². The summed E-state index contributed by atoms with van der Waals surface area (Å²) in [6, 6.07) is 20.9. The Morgan fingerprint density at radius 3 is 2.11 bits per heavy atom. The summed E-state index contributed by atoms with van der Waals surface area (Å²) in [4.78, 5) is 52.8. The van der Waals surface area contributed by atoms with Crippen molar-refractivity contribution >= 4 is 23.6 Å². The molecule has 10 heteroatoms. The zero-order valence-corrected chi connectivity index (χ0v) is 25.1. The standard InChI is InChI=1S/C34H38N2O8/c1-22(35-33(41)43-20-25-7-5-4-6-8-25)30(38)19-26(17-23-11-15-28(42-3)16-12-23)32(40)36-29(31(39)34(2)21-44-34)18-24-9-13-27(37)14-10-24/h4-16,22,26,29,37H,17-21H2,1-3H3,(H,35,41)(H,36,40)/t22-,26-,29+,34?/m1/s1. The van der Waals surface area contributed by atoms with Crippen LogP contribution in [-0.2, 0) is 43.3 Å². The molecule has 1 saturated heterocycles. The summed E-state index contributed by atoms with van der Waals surface area (Å²) >= 11 is 0. The van der Waals surface area contributed by atoms with Gasteiger partial charge in [-0.1, -0.05) is 54.6 Å². The molecular formula is C34H38N2O8. The number of benzene rings is 3. The predicted octanol–water partition coefficient (Wildman–Crippen LogP) is 3.92. The summed E-state index contributed by atoms with van der Waals surface area (Å²) in [7, 11) is 1.55. The van der Waals surface area contributed by atoms with E-state index in [9.17, 15) is 24.3 Å². The maximum atomic E-state index is 13.8. The lowest BCUT2D eigenvalue weighted by Crippen LogP contribution is -2.50. The van der Waals surface area contributed by atoms with Crippen LogP contribution >= 0.6 is 0 Å². The van der Waals surface area contributed by atoms with Crippen LogP contribution in [0.15, 0.2) is 78.9 Å². The van der Waals surface area contributed by atoms with E-state index >= 15 is 0 Å². The van der Waals surface area contributed by atoms with Crippen molar-refractivity contribution in [2.45, 2.75) is 57.4 Å². The highest BCUT2D eigenvalue weighted by Gasteiger charge is 2.50. The van der Waals surface area contributed by atoms with E-state index in [1.807, 2.05) is 42.5 Å². The number of carbonyl (C=O) groups excluding carboxylic acids is 4. The lowest BCUT2D eigenvalue weighted by Gasteiger charge is -2.24. The molecule has 1 heterocycles. The number of alkyl carbamates (subject to hydrolysis) is 1. The van der Waals surface area contributed by atoms with Gasteiger partial charge in [0.1, 0.15) is 23.7 Å². The molecule has 44 heavy (non-hydrogen) atoms. The summed E-state index contributed by atoms with van der Waals surface area (Å²) in [5.41, 5.74) is 1.34. The normalized spacial score (nSPS) is 17.4. The molecule has 0 spiro atoms. The number of hydrogen-bond acceptors (Lipinski definition) is 8. The van der Waals surface area contributed by atoms with Crippen molar-refractivity contribution in [3.05, 3.63) is 95.6 Å². The second-order valence-electron chi connectivity index (χ2n) is 11.2. The Labute approximate surface area is 256 Å². The fourth-order valence-corrected chi connectivity index (χ4v) is 4.73. The Bertz CT molecular complexity index is 1440. The van der Waals surface area contributed by atoms with Gasteiger partial charge in [-0.2, -0.15) is 0 Å². The SMILES string of the molecule is COc1ccc(C[C@H](CC(=O)[C@@H](C)NC(=O)OCc2ccccc2)C(=O)N[C@@H](Cc2ccc(O)cc2)C(=O)C2(C)CO2)cc1. The van der Waals surface area contributed by atoms with Crippen molar-refractivity contribution in [2.75, 3.05) is 13.7 Å². The minimum absolute atomic E-state index is 0.0508. The number of nitrogens with one attached hydrogen (secondary N) is 2. The average molecular weight is 603 g/mol. The molecule has 1 unspecified atom stereocenters. The van der Waals surface area contributed by atoms with E-state index in [0.717, 1.165) is 16.7 Å². The molecule has 1 aliphatic heterocycles. The molecule has 232 valence electrons. The molecule has 1 fully saturated rings. The van der Waals surface area contributed by atoms with Crippen molar-refractivity contribution in [3.63, 3.8) is 0 Å². The molecule has 3 aromatic carbocycles. The van der Waals surface area contributed by atoms with Gasteiger partial charge in [0.05, 0.1) is 25.8 Å². The molecule has 3 N–H and O–H groups in total. The van der Waals surface area contributed by atoms with E-state index < -0.39 is 35.6 Å². The van der Waals surface area contributed by atoms with E-state index in [1.54, 1.807) is 38.3 Å². The second-order valence-corrected chi connectivity index (χ2v) is 11.2. The monoisotopic (exact) mass is 602 g/mol. The molecule has 2 amide bonds. The number of phenolic OH excluding ortho intramolecular Hbond substituents is 1. The minimum atomic E-state index is -0.991. The van der Waals surface area contributed by atoms with Crippen LogP contribution in [0.4, 0.5) is 4.79 Å². The molecule has 4 atom stereocenters. The summed E-state index contributed by atoms with van der Waals surface area (Å²) < 4.78 is 15.9. The van der Waals surface area contributed by atoms with Crippen LogP contribution in [0.25, 0.3) is 0 Å². The summed E-state index contributed by atoms with van der Waals surface area (Å²) in [5, 5.41) is 15.1. The predicted molar refractivity (Wildman–Crippen MR) is 162 cm³/mol. The first-order valence-corrected chi connectivity index (χ1v) is 14.5. The van der Waals surface area contributed by atoms with Crippen molar-refractivity contribution in [2.24, 2.45) is 5.92 Å². The van der Waals surface area contributed by atoms with Crippen LogP contribution in [0, 0.1) is 5.92 Å². The van der Waals surface area contributed by atoms with Gasteiger partial charge in [0, 0.05) is 12.3 Å². The average Bonchev–Trinajstić information content (AvgIpc) is 3.79. The van der Waals surface area contributed by atoms with Gasteiger partial charge in [0.15, 0.2) is 11.6 Å². The Hall–Kier alpha value is -4.70. The fraction of sp³-hybridized carbons (Fsp3) is 0.353. The number of phenols is 1. The molecule has 0 radical (unpaired) electrons.